The molecule has 2 N–H and O–H groups in total. The number of benzene rings is 1. The Kier molecular flexibility index (Phi) is 5.74. The molecule has 0 aliphatic heterocycles. The summed E-state index contributed by atoms with van der Waals surface area (Å²) in [6.07, 6.45) is 7.06. The first kappa shape index (κ1) is 15.7. The van der Waals surface area contributed by atoms with Crippen LogP contribution in [-0.4, -0.2) is 18.6 Å². The molecule has 0 radical (unpaired) electrons. The Hall–Kier alpha value is -0.730. The van der Waals surface area contributed by atoms with Crippen molar-refractivity contribution in [3.63, 3.8) is 0 Å². The number of unbranched alkanes of at least 4 members (excludes halogenated alkanes) is 1. The molecule has 1 aromatic carbocycles. The Morgan fingerprint density at radius 2 is 2.10 bits per heavy atom. The van der Waals surface area contributed by atoms with Crippen LogP contribution >= 0.6 is 11.6 Å². The van der Waals surface area contributed by atoms with Gasteiger partial charge in [0.15, 0.2) is 0 Å². The summed E-state index contributed by atoms with van der Waals surface area (Å²) in [6, 6.07) is 7.26. The fraction of sp³-hybridized carbons (Fsp3) is 0.647. The van der Waals surface area contributed by atoms with E-state index >= 15 is 0 Å². The van der Waals surface area contributed by atoms with Gasteiger partial charge in [0.25, 0.3) is 0 Å². The van der Waals surface area contributed by atoms with E-state index in [-0.39, 0.29) is 6.04 Å². The van der Waals surface area contributed by atoms with E-state index in [9.17, 15) is 0 Å². The van der Waals surface area contributed by atoms with Crippen LogP contribution in [0.4, 0.5) is 5.69 Å². The second-order valence-electron chi connectivity index (χ2n) is 5.92. The number of rotatable bonds is 8. The molecule has 2 nitrogen and oxygen atoms in total. The number of anilines is 1. The zero-order valence-corrected chi connectivity index (χ0v) is 13.5. The normalized spacial score (nSPS) is 16.2. The van der Waals surface area contributed by atoms with Gasteiger partial charge >= 0.3 is 0 Å². The number of halogens is 1. The summed E-state index contributed by atoms with van der Waals surface area (Å²) in [6.45, 7) is 5.54. The second-order valence-corrected chi connectivity index (χ2v) is 6.36. The molecular weight excluding hydrogens is 268 g/mol. The molecular formula is C17H27ClN2. The summed E-state index contributed by atoms with van der Waals surface area (Å²) in [7, 11) is 0. The molecule has 1 saturated carbocycles. The summed E-state index contributed by atoms with van der Waals surface area (Å²) in [5.41, 5.74) is 8.82. The van der Waals surface area contributed by atoms with Gasteiger partial charge in [0.05, 0.1) is 0 Å². The third-order valence-corrected chi connectivity index (χ3v) is 4.33. The van der Waals surface area contributed by atoms with Gasteiger partial charge in [-0.25, -0.2) is 0 Å². The molecule has 1 unspecified atom stereocenters. The first-order chi connectivity index (χ1) is 9.65. The number of hydrogen-bond acceptors (Lipinski definition) is 2. The van der Waals surface area contributed by atoms with Crippen LogP contribution in [0.2, 0.25) is 5.02 Å². The third kappa shape index (κ3) is 4.13. The highest BCUT2D eigenvalue weighted by atomic mass is 35.5. The molecule has 20 heavy (non-hydrogen) atoms. The Balaban J connectivity index is 2.22. The van der Waals surface area contributed by atoms with Crippen molar-refractivity contribution >= 4 is 17.3 Å². The minimum absolute atomic E-state index is 0.222. The molecule has 112 valence electrons. The van der Waals surface area contributed by atoms with Crippen LogP contribution in [0, 0.1) is 0 Å². The third-order valence-electron chi connectivity index (χ3n) is 4.10. The molecule has 3 heteroatoms. The lowest BCUT2D eigenvalue weighted by atomic mass is 10.0. The second kappa shape index (κ2) is 7.33. The molecule has 2 rings (SSSR count). The highest BCUT2D eigenvalue weighted by molar-refractivity contribution is 6.30. The van der Waals surface area contributed by atoms with Crippen LogP contribution < -0.4 is 10.6 Å². The van der Waals surface area contributed by atoms with E-state index in [4.69, 9.17) is 17.3 Å². The fourth-order valence-corrected chi connectivity index (χ4v) is 2.83. The lowest BCUT2D eigenvalue weighted by Gasteiger charge is -2.28. The Morgan fingerprint density at radius 1 is 1.35 bits per heavy atom. The molecule has 0 aromatic heterocycles. The van der Waals surface area contributed by atoms with Crippen LogP contribution in [0.25, 0.3) is 0 Å². The van der Waals surface area contributed by atoms with Gasteiger partial charge in [0.2, 0.25) is 0 Å². The predicted octanol–water partition coefficient (Wildman–Crippen LogP) is 4.39. The zero-order chi connectivity index (χ0) is 14.5. The van der Waals surface area contributed by atoms with Crippen LogP contribution in [0.15, 0.2) is 18.2 Å². The summed E-state index contributed by atoms with van der Waals surface area (Å²) >= 11 is 6.19. The quantitative estimate of drug-likeness (QED) is 0.770. The summed E-state index contributed by atoms with van der Waals surface area (Å²) in [5, 5.41) is 0.818. The van der Waals surface area contributed by atoms with Crippen molar-refractivity contribution in [3.8, 4) is 0 Å². The van der Waals surface area contributed by atoms with Gasteiger partial charge in [0.1, 0.15) is 0 Å². The van der Waals surface area contributed by atoms with Crippen LogP contribution in [0.3, 0.4) is 0 Å². The summed E-state index contributed by atoms with van der Waals surface area (Å²) in [5.74, 6) is 0. The SMILES string of the molecule is CCCCN(c1ccc(Cl)cc1CC(N)CC)C1CC1. The molecule has 1 atom stereocenters. The molecule has 0 amide bonds. The maximum Gasteiger partial charge on any atom is 0.0410 e. The topological polar surface area (TPSA) is 29.3 Å². The average molecular weight is 295 g/mol. The van der Waals surface area contributed by atoms with E-state index in [0.717, 1.165) is 30.5 Å². The molecule has 0 bridgehead atoms. The zero-order valence-electron chi connectivity index (χ0n) is 12.7. The van der Waals surface area contributed by atoms with Crippen molar-refractivity contribution in [2.45, 2.75) is 64.5 Å². The van der Waals surface area contributed by atoms with Crippen molar-refractivity contribution in [2.24, 2.45) is 5.73 Å². The molecule has 0 heterocycles. The fourth-order valence-electron chi connectivity index (χ4n) is 2.64. The standard InChI is InChI=1S/C17H27ClN2/c1-3-5-10-20(16-7-8-16)17-9-6-14(18)11-13(17)12-15(19)4-2/h6,9,11,15-16H,3-5,7-8,10,12,19H2,1-2H3. The lowest BCUT2D eigenvalue weighted by Crippen LogP contribution is -2.29. The molecule has 1 aromatic rings. The van der Waals surface area contributed by atoms with Crippen molar-refractivity contribution in [1.29, 1.82) is 0 Å². The first-order valence-corrected chi connectivity index (χ1v) is 8.34. The average Bonchev–Trinajstić information content (AvgIpc) is 3.25. The minimum Gasteiger partial charge on any atom is -0.368 e. The Labute approximate surface area is 128 Å². The van der Waals surface area contributed by atoms with Crippen LogP contribution in [0.1, 0.15) is 51.5 Å². The van der Waals surface area contributed by atoms with Crippen LogP contribution in [-0.2, 0) is 6.42 Å². The smallest absolute Gasteiger partial charge is 0.0410 e. The molecule has 1 aliphatic carbocycles. The van der Waals surface area contributed by atoms with E-state index in [1.165, 1.54) is 36.9 Å². The van der Waals surface area contributed by atoms with Crippen molar-refractivity contribution in [1.82, 2.24) is 0 Å². The largest absolute Gasteiger partial charge is 0.368 e. The van der Waals surface area contributed by atoms with E-state index < -0.39 is 0 Å². The summed E-state index contributed by atoms with van der Waals surface area (Å²) in [4.78, 5) is 2.58. The highest BCUT2D eigenvalue weighted by Gasteiger charge is 2.30. The van der Waals surface area contributed by atoms with Crippen molar-refractivity contribution in [2.75, 3.05) is 11.4 Å². The van der Waals surface area contributed by atoms with Crippen LogP contribution in [0.5, 0.6) is 0 Å². The van der Waals surface area contributed by atoms with Gasteiger partial charge in [-0.2, -0.15) is 0 Å². The molecule has 0 saturated heterocycles. The number of nitrogens with two attached hydrogens (primary N) is 1. The summed E-state index contributed by atoms with van der Waals surface area (Å²) < 4.78 is 0. The van der Waals surface area contributed by atoms with Gasteiger partial charge in [-0.15, -0.1) is 0 Å². The van der Waals surface area contributed by atoms with E-state index in [1.54, 1.807) is 0 Å². The molecule has 1 aliphatic rings. The Morgan fingerprint density at radius 3 is 2.70 bits per heavy atom. The first-order valence-electron chi connectivity index (χ1n) is 7.96. The van der Waals surface area contributed by atoms with Crippen molar-refractivity contribution < 1.29 is 0 Å². The molecule has 1 fully saturated rings. The van der Waals surface area contributed by atoms with E-state index in [0.29, 0.717) is 0 Å². The highest BCUT2D eigenvalue weighted by Crippen LogP contribution is 2.35. The van der Waals surface area contributed by atoms with Gasteiger partial charge in [-0.3, -0.25) is 0 Å². The monoisotopic (exact) mass is 294 g/mol. The van der Waals surface area contributed by atoms with Crippen molar-refractivity contribution in [3.05, 3.63) is 28.8 Å². The Bertz CT molecular complexity index is 429. The maximum atomic E-state index is 6.19. The predicted molar refractivity (Wildman–Crippen MR) is 88.7 cm³/mol. The molecule has 0 spiro atoms. The van der Waals surface area contributed by atoms with E-state index in [2.05, 4.69) is 30.9 Å². The lowest BCUT2D eigenvalue weighted by molar-refractivity contribution is 0.641. The van der Waals surface area contributed by atoms with Gasteiger partial charge in [-0.1, -0.05) is 31.9 Å². The van der Waals surface area contributed by atoms with Gasteiger partial charge < -0.3 is 10.6 Å². The van der Waals surface area contributed by atoms with E-state index in [1.807, 2.05) is 6.07 Å². The maximum absolute atomic E-state index is 6.19. The minimum atomic E-state index is 0.222. The van der Waals surface area contributed by atoms with Gasteiger partial charge in [0, 0.05) is 29.3 Å². The number of hydrogen-bond donors (Lipinski definition) is 1. The number of nitrogens with zero attached hydrogens (tertiary/aromatic N) is 1. The van der Waals surface area contributed by atoms with Gasteiger partial charge in [-0.05, 0) is 55.9 Å².